The van der Waals surface area contributed by atoms with Crippen LogP contribution in [0.3, 0.4) is 0 Å². The van der Waals surface area contributed by atoms with E-state index < -0.39 is 102 Å². The molecule has 19 nitrogen and oxygen atoms in total. The SMILES string of the molecule is C[C@H](CC(C)(O)CO)NC(=O)[C@H]1Cc2c([nH]c3ccccc23)SC[C@H](NC(O)[C@H](NC(=O)[C@H](C)NO)[C@@H](C)O)C(=O)N2C[C@@H](O)CC2C(=O)N[C@@H](C)C(=O)N1. The molecule has 55 heavy (non-hydrogen) atoms. The number of hydrogen-bond acceptors (Lipinski definition) is 14. The number of nitrogens with zero attached hydrogens (tertiary/aromatic N) is 1. The molecule has 4 rings (SSSR count). The molecule has 3 unspecified atom stereocenters. The fraction of sp³-hybridized carbons (Fsp3) is 0.629. The number of aromatic amines is 1. The lowest BCUT2D eigenvalue weighted by Crippen LogP contribution is -2.62. The highest BCUT2D eigenvalue weighted by Gasteiger charge is 2.43. The number of thioether (sulfide) groups is 1. The van der Waals surface area contributed by atoms with Crippen LogP contribution < -0.4 is 32.1 Å². The van der Waals surface area contributed by atoms with Crippen molar-refractivity contribution in [1.29, 1.82) is 0 Å². The predicted octanol–water partition coefficient (Wildman–Crippen LogP) is -3.08. The Kier molecular flexibility index (Phi) is 15.0. The smallest absolute Gasteiger partial charge is 0.243 e. The van der Waals surface area contributed by atoms with Crippen molar-refractivity contribution in [3.63, 3.8) is 0 Å². The highest BCUT2D eigenvalue weighted by molar-refractivity contribution is 7.99. The number of nitrogens with one attached hydrogen (secondary N) is 7. The van der Waals surface area contributed by atoms with Gasteiger partial charge in [-0.25, -0.2) is 0 Å². The Balaban J connectivity index is 1.76. The number of amides is 5. The highest BCUT2D eigenvalue weighted by Crippen LogP contribution is 2.32. The van der Waals surface area contributed by atoms with E-state index in [9.17, 15) is 54.7 Å². The molecule has 1 saturated heterocycles. The molecule has 2 aromatic rings. The summed E-state index contributed by atoms with van der Waals surface area (Å²) in [6.45, 7) is 6.35. The number of benzene rings is 1. The van der Waals surface area contributed by atoms with E-state index in [-0.39, 0.29) is 31.6 Å². The third-order valence-corrected chi connectivity index (χ3v) is 10.9. The van der Waals surface area contributed by atoms with Crippen molar-refractivity contribution in [2.75, 3.05) is 18.9 Å². The first-order valence-electron chi connectivity index (χ1n) is 18.1. The largest absolute Gasteiger partial charge is 0.393 e. The van der Waals surface area contributed by atoms with Crippen molar-refractivity contribution in [3.8, 4) is 0 Å². The highest BCUT2D eigenvalue weighted by atomic mass is 32.2. The van der Waals surface area contributed by atoms with Crippen molar-refractivity contribution in [2.24, 2.45) is 0 Å². The minimum Gasteiger partial charge on any atom is -0.393 e. The average Bonchev–Trinajstić information content (AvgIpc) is 3.69. The van der Waals surface area contributed by atoms with Crippen LogP contribution in [0.15, 0.2) is 29.3 Å². The predicted molar refractivity (Wildman–Crippen MR) is 199 cm³/mol. The molecular formula is C35H54N8O11S. The van der Waals surface area contributed by atoms with Crippen LogP contribution in [0.2, 0.25) is 0 Å². The number of carbonyl (C=O) groups excluding carboxylic acids is 5. The van der Waals surface area contributed by atoms with Crippen LogP contribution >= 0.6 is 11.8 Å². The summed E-state index contributed by atoms with van der Waals surface area (Å²) >= 11 is 1.14. The van der Waals surface area contributed by atoms with E-state index in [0.29, 0.717) is 21.5 Å². The Morgan fingerprint density at radius 1 is 1.07 bits per heavy atom. The number of carbonyl (C=O) groups is 5. The molecule has 0 bridgehead atoms. The first kappa shape index (κ1) is 43.9. The van der Waals surface area contributed by atoms with E-state index >= 15 is 0 Å². The van der Waals surface area contributed by atoms with Gasteiger partial charge in [-0.1, -0.05) is 18.2 Å². The maximum Gasteiger partial charge on any atom is 0.243 e. The fourth-order valence-corrected chi connectivity index (χ4v) is 7.81. The van der Waals surface area contributed by atoms with Gasteiger partial charge in [0.05, 0.1) is 41.5 Å². The molecule has 2 aliphatic heterocycles. The zero-order valence-electron chi connectivity index (χ0n) is 31.4. The van der Waals surface area contributed by atoms with E-state index in [1.54, 1.807) is 24.5 Å². The van der Waals surface area contributed by atoms with Gasteiger partial charge in [-0.3, -0.25) is 29.3 Å². The summed E-state index contributed by atoms with van der Waals surface area (Å²) in [4.78, 5) is 72.5. The lowest BCUT2D eigenvalue weighted by molar-refractivity contribution is -0.141. The number of H-pyrrole nitrogens is 1. The summed E-state index contributed by atoms with van der Waals surface area (Å²) in [5, 5.41) is 76.2. The first-order valence-corrected chi connectivity index (χ1v) is 19.1. The third kappa shape index (κ3) is 11.1. The van der Waals surface area contributed by atoms with Gasteiger partial charge in [0.15, 0.2) is 0 Å². The number of hydrogen-bond donors (Lipinski definition) is 13. The van der Waals surface area contributed by atoms with Crippen LogP contribution in [0.25, 0.3) is 10.9 Å². The molecule has 1 aromatic carbocycles. The molecule has 0 spiro atoms. The number of hydroxylamine groups is 1. The second-order valence-electron chi connectivity index (χ2n) is 14.7. The van der Waals surface area contributed by atoms with Gasteiger partial charge in [-0.15, -0.1) is 11.8 Å². The van der Waals surface area contributed by atoms with Gasteiger partial charge in [0.25, 0.3) is 0 Å². The van der Waals surface area contributed by atoms with Gasteiger partial charge >= 0.3 is 0 Å². The second kappa shape index (κ2) is 18.9. The van der Waals surface area contributed by atoms with Gasteiger partial charge in [0.1, 0.15) is 30.4 Å². The minimum atomic E-state index is -1.74. The average molecular weight is 795 g/mol. The fourth-order valence-electron chi connectivity index (χ4n) is 6.69. The summed E-state index contributed by atoms with van der Waals surface area (Å²) in [6, 6.07) is -0.804. The third-order valence-electron chi connectivity index (χ3n) is 9.73. The Hall–Kier alpha value is -3.86. The Morgan fingerprint density at radius 3 is 2.42 bits per heavy atom. The number of rotatable bonds is 12. The quantitative estimate of drug-likeness (QED) is 0.0750. The van der Waals surface area contributed by atoms with Crippen LogP contribution in [0, 0.1) is 0 Å². The van der Waals surface area contributed by atoms with Crippen LogP contribution in [-0.4, -0.2) is 155 Å². The van der Waals surface area contributed by atoms with Crippen molar-refractivity contribution in [3.05, 3.63) is 29.8 Å². The molecule has 3 heterocycles. The van der Waals surface area contributed by atoms with Gasteiger partial charge in [-0.05, 0) is 52.7 Å². The molecule has 1 aromatic heterocycles. The molecule has 1 fully saturated rings. The van der Waals surface area contributed by atoms with Crippen molar-refractivity contribution in [1.82, 2.24) is 41.9 Å². The molecule has 13 N–H and O–H groups in total. The van der Waals surface area contributed by atoms with Crippen LogP contribution in [0.5, 0.6) is 0 Å². The minimum absolute atomic E-state index is 0.00546. The van der Waals surface area contributed by atoms with E-state index in [0.717, 1.165) is 16.7 Å². The first-order chi connectivity index (χ1) is 25.8. The molecule has 11 atom stereocenters. The number of para-hydroxylation sites is 1. The van der Waals surface area contributed by atoms with Gasteiger partial charge in [0, 0.05) is 42.1 Å². The van der Waals surface area contributed by atoms with E-state index in [1.165, 1.54) is 27.7 Å². The Labute approximate surface area is 322 Å². The molecule has 0 saturated carbocycles. The van der Waals surface area contributed by atoms with Gasteiger partial charge in [-0.2, -0.15) is 5.48 Å². The maximum absolute atomic E-state index is 14.3. The van der Waals surface area contributed by atoms with Crippen molar-refractivity contribution >= 4 is 52.2 Å². The molecule has 0 radical (unpaired) electrons. The summed E-state index contributed by atoms with van der Waals surface area (Å²) in [5.41, 5.74) is 1.59. The van der Waals surface area contributed by atoms with Crippen molar-refractivity contribution in [2.45, 2.75) is 125 Å². The molecule has 2 aliphatic rings. The summed E-state index contributed by atoms with van der Waals surface area (Å²) in [5.74, 6) is -3.62. The summed E-state index contributed by atoms with van der Waals surface area (Å²) in [6.07, 6.45) is -4.39. The van der Waals surface area contributed by atoms with Crippen LogP contribution in [-0.2, 0) is 30.4 Å². The van der Waals surface area contributed by atoms with Crippen LogP contribution in [0.4, 0.5) is 0 Å². The lowest BCUT2D eigenvalue weighted by atomic mass is 9.98. The van der Waals surface area contributed by atoms with Crippen LogP contribution in [0.1, 0.15) is 53.0 Å². The zero-order chi connectivity index (χ0) is 40.8. The summed E-state index contributed by atoms with van der Waals surface area (Å²) in [7, 11) is 0. The molecule has 5 amide bonds. The maximum atomic E-state index is 14.3. The number of aromatic nitrogens is 1. The zero-order valence-corrected chi connectivity index (χ0v) is 32.2. The normalized spacial score (nSPS) is 26.5. The Morgan fingerprint density at radius 2 is 1.76 bits per heavy atom. The molecule has 20 heteroatoms. The standard InChI is InChI=1S/C35H54N8O11S/c1-16(12-35(5,53)15-44)36-30(49)24-11-22-21-8-6-7-9-23(21)40-33(22)55-14-25(39-32(51)27(19(4)45)41-29(48)18(3)42-54)34(52)43-13-20(46)10-26(43)31(50)37-17(2)28(47)38-24/h6-9,16-20,24-27,32,39-40,42,44-46,51,53-54H,10-15H2,1-5H3,(H,36,49)(H,37,50)(H,38,47)(H,41,48)/t16-,17+,18+,19-,20+,24-,25+,26?,27-,32?,35?/m1/s1. The number of aliphatic hydroxyl groups excluding tert-OH is 4. The van der Waals surface area contributed by atoms with Gasteiger partial charge < -0.3 is 61.9 Å². The van der Waals surface area contributed by atoms with E-state index in [1.807, 2.05) is 12.1 Å². The molecule has 0 aliphatic carbocycles. The molecule has 306 valence electrons. The number of aliphatic hydroxyl groups is 5. The summed E-state index contributed by atoms with van der Waals surface area (Å²) < 4.78 is 0. The number of fused-ring (bicyclic) bond motifs is 4. The topological polar surface area (TPSA) is 298 Å². The van der Waals surface area contributed by atoms with E-state index in [4.69, 9.17) is 0 Å². The second-order valence-corrected chi connectivity index (χ2v) is 15.8. The Bertz CT molecular complexity index is 1690. The van der Waals surface area contributed by atoms with Gasteiger partial charge in [0.2, 0.25) is 29.5 Å². The lowest BCUT2D eigenvalue weighted by Gasteiger charge is -2.33. The van der Waals surface area contributed by atoms with E-state index in [2.05, 4.69) is 31.6 Å². The molecular weight excluding hydrogens is 740 g/mol. The van der Waals surface area contributed by atoms with Crippen molar-refractivity contribution < 1.29 is 54.7 Å². The monoisotopic (exact) mass is 794 g/mol.